The molecule has 0 saturated heterocycles. The van der Waals surface area contributed by atoms with Crippen LogP contribution in [-0.4, -0.2) is 26.7 Å². The Kier molecular flexibility index (Phi) is 5.67. The van der Waals surface area contributed by atoms with Crippen LogP contribution in [-0.2, 0) is 12.0 Å². The van der Waals surface area contributed by atoms with E-state index in [0.717, 1.165) is 16.8 Å². The molecule has 0 unspecified atom stereocenters. The number of fused-ring (bicyclic) bond motifs is 2. The van der Waals surface area contributed by atoms with Crippen molar-refractivity contribution in [3.8, 4) is 16.8 Å². The minimum absolute atomic E-state index is 0.0177. The van der Waals surface area contributed by atoms with Crippen molar-refractivity contribution in [3.63, 3.8) is 0 Å². The number of nitrogens with one attached hydrogen (secondary N) is 3. The maximum Gasteiger partial charge on any atom is 0.324 e. The Labute approximate surface area is 223 Å². The lowest BCUT2D eigenvalue weighted by Gasteiger charge is -2.14. The molecule has 0 bridgehead atoms. The summed E-state index contributed by atoms with van der Waals surface area (Å²) in [5.41, 5.74) is 5.26. The number of hydrogen-bond donors (Lipinski definition) is 3. The average Bonchev–Trinajstić information content (AvgIpc) is 3.63. The summed E-state index contributed by atoms with van der Waals surface area (Å²) in [4.78, 5) is 29.2. The van der Waals surface area contributed by atoms with Crippen LogP contribution in [0.4, 0.5) is 20.7 Å². The van der Waals surface area contributed by atoms with Crippen LogP contribution in [0.3, 0.4) is 0 Å². The Morgan fingerprint density at radius 1 is 1.05 bits per heavy atom. The lowest BCUT2D eigenvalue weighted by molar-refractivity contribution is 0.0965. The highest BCUT2D eigenvalue weighted by Crippen LogP contribution is 2.32. The number of urea groups is 1. The first-order chi connectivity index (χ1) is 18.7. The second kappa shape index (κ2) is 9.09. The van der Waals surface area contributed by atoms with Gasteiger partial charge in [-0.3, -0.25) is 10.1 Å². The predicted molar refractivity (Wildman–Crippen MR) is 145 cm³/mol. The SMILES string of the molecule is CC(C)(C)c1cc(NC(=O)Nc2ccc(-c3cccc4c3CNC4=O)cc2F)n(-c2ccc3ocnc3c2)n1. The monoisotopic (exact) mass is 524 g/mol. The summed E-state index contributed by atoms with van der Waals surface area (Å²) >= 11 is 0. The Balaban J connectivity index is 1.26. The van der Waals surface area contributed by atoms with Crippen molar-refractivity contribution >= 4 is 34.5 Å². The summed E-state index contributed by atoms with van der Waals surface area (Å²) in [6, 6.07) is 16.5. The number of carbonyl (C=O) groups is 2. The maximum absolute atomic E-state index is 15.1. The second-order valence-corrected chi connectivity index (χ2v) is 10.4. The van der Waals surface area contributed by atoms with Gasteiger partial charge in [-0.25, -0.2) is 18.9 Å². The maximum atomic E-state index is 15.1. The van der Waals surface area contributed by atoms with Crippen LogP contribution in [0, 0.1) is 5.82 Å². The van der Waals surface area contributed by atoms with Gasteiger partial charge in [0.25, 0.3) is 5.91 Å². The fourth-order valence-electron chi connectivity index (χ4n) is 4.59. The van der Waals surface area contributed by atoms with Gasteiger partial charge in [0, 0.05) is 23.6 Å². The third kappa shape index (κ3) is 4.50. The summed E-state index contributed by atoms with van der Waals surface area (Å²) in [5, 5.41) is 12.9. The van der Waals surface area contributed by atoms with E-state index in [1.165, 1.54) is 18.5 Å². The van der Waals surface area contributed by atoms with Gasteiger partial charge in [0.05, 0.1) is 17.1 Å². The number of aromatic nitrogens is 3. The van der Waals surface area contributed by atoms with Gasteiger partial charge < -0.3 is 15.1 Å². The molecular weight excluding hydrogens is 499 g/mol. The highest BCUT2D eigenvalue weighted by molar-refractivity contribution is 6.01. The fraction of sp³-hybridized carbons (Fsp3) is 0.172. The Morgan fingerprint density at radius 3 is 2.67 bits per heavy atom. The number of nitrogens with zero attached hydrogens (tertiary/aromatic N) is 3. The molecule has 196 valence electrons. The number of benzene rings is 3. The number of anilines is 2. The van der Waals surface area contributed by atoms with Crippen molar-refractivity contribution in [2.75, 3.05) is 10.6 Å². The van der Waals surface area contributed by atoms with Crippen molar-refractivity contribution < 1.29 is 18.4 Å². The van der Waals surface area contributed by atoms with Gasteiger partial charge in [-0.05, 0) is 53.1 Å². The van der Waals surface area contributed by atoms with Gasteiger partial charge in [0.2, 0.25) is 0 Å². The van der Waals surface area contributed by atoms with E-state index in [2.05, 4.69) is 20.9 Å². The molecule has 0 fully saturated rings. The molecule has 0 saturated carbocycles. The molecule has 3 heterocycles. The summed E-state index contributed by atoms with van der Waals surface area (Å²) in [6.45, 7) is 6.46. The van der Waals surface area contributed by atoms with E-state index < -0.39 is 11.8 Å². The zero-order chi connectivity index (χ0) is 27.3. The largest absolute Gasteiger partial charge is 0.443 e. The Morgan fingerprint density at radius 2 is 1.87 bits per heavy atom. The topological polar surface area (TPSA) is 114 Å². The average molecular weight is 525 g/mol. The zero-order valence-corrected chi connectivity index (χ0v) is 21.5. The summed E-state index contributed by atoms with van der Waals surface area (Å²) in [7, 11) is 0. The van der Waals surface area contributed by atoms with Crippen LogP contribution in [0.5, 0.6) is 0 Å². The molecule has 1 aliphatic heterocycles. The minimum atomic E-state index is -0.624. The van der Waals surface area contributed by atoms with Crippen LogP contribution < -0.4 is 16.0 Å². The summed E-state index contributed by atoms with van der Waals surface area (Å²) < 4.78 is 22.1. The van der Waals surface area contributed by atoms with E-state index in [1.807, 2.05) is 39.0 Å². The molecule has 1 aliphatic rings. The first-order valence-electron chi connectivity index (χ1n) is 12.4. The Hall–Kier alpha value is -4.99. The van der Waals surface area contributed by atoms with E-state index in [0.29, 0.717) is 40.3 Å². The normalized spacial score (nSPS) is 12.9. The first-order valence-corrected chi connectivity index (χ1v) is 12.4. The van der Waals surface area contributed by atoms with Gasteiger partial charge in [0.1, 0.15) is 17.2 Å². The van der Waals surface area contributed by atoms with Crippen LogP contribution in [0.2, 0.25) is 0 Å². The van der Waals surface area contributed by atoms with Crippen molar-refractivity contribution in [2.24, 2.45) is 0 Å². The number of carbonyl (C=O) groups excluding carboxylic acids is 2. The number of amides is 3. The third-order valence-electron chi connectivity index (χ3n) is 6.65. The van der Waals surface area contributed by atoms with Crippen LogP contribution >= 0.6 is 0 Å². The Bertz CT molecular complexity index is 1760. The fourth-order valence-corrected chi connectivity index (χ4v) is 4.59. The molecule has 3 amide bonds. The van der Waals surface area contributed by atoms with E-state index in [-0.39, 0.29) is 17.0 Å². The molecule has 0 aliphatic carbocycles. The van der Waals surface area contributed by atoms with Crippen LogP contribution in [0.15, 0.2) is 71.5 Å². The first kappa shape index (κ1) is 24.4. The summed E-state index contributed by atoms with van der Waals surface area (Å²) in [5.74, 6) is -0.329. The summed E-state index contributed by atoms with van der Waals surface area (Å²) in [6.07, 6.45) is 1.37. The predicted octanol–water partition coefficient (Wildman–Crippen LogP) is 6.00. The van der Waals surface area contributed by atoms with Crippen molar-refractivity contribution in [3.05, 3.63) is 89.7 Å². The standard InChI is InChI=1S/C29H25FN6O3/c1-29(2,3)25-13-26(36(35-25)17-8-10-24-23(12-17)32-15-39-24)34-28(38)33-22-9-7-16(11-21(22)30)18-5-4-6-19-20(18)14-31-27(19)37/h4-13,15H,14H2,1-3H3,(H,31,37)(H2,33,34,38). The molecule has 10 heteroatoms. The van der Waals surface area contributed by atoms with Gasteiger partial charge in [0.15, 0.2) is 12.0 Å². The van der Waals surface area contributed by atoms with Crippen LogP contribution in [0.1, 0.15) is 42.4 Å². The molecule has 3 N–H and O–H groups in total. The third-order valence-corrected chi connectivity index (χ3v) is 6.65. The van der Waals surface area contributed by atoms with Crippen molar-refractivity contribution in [1.29, 1.82) is 0 Å². The molecule has 3 aromatic carbocycles. The molecule has 39 heavy (non-hydrogen) atoms. The lowest BCUT2D eigenvalue weighted by atomic mass is 9.92. The second-order valence-electron chi connectivity index (χ2n) is 10.4. The number of oxazole rings is 1. The van der Waals surface area contributed by atoms with E-state index in [4.69, 9.17) is 9.52 Å². The van der Waals surface area contributed by atoms with Gasteiger partial charge in [-0.15, -0.1) is 0 Å². The highest BCUT2D eigenvalue weighted by Gasteiger charge is 2.24. The van der Waals surface area contributed by atoms with Gasteiger partial charge in [-0.2, -0.15) is 5.10 Å². The zero-order valence-electron chi connectivity index (χ0n) is 21.5. The smallest absolute Gasteiger partial charge is 0.324 e. The number of hydrogen-bond acceptors (Lipinski definition) is 5. The molecule has 0 radical (unpaired) electrons. The number of rotatable bonds is 4. The molecule has 6 rings (SSSR count). The molecule has 9 nitrogen and oxygen atoms in total. The molecular formula is C29H25FN6O3. The highest BCUT2D eigenvalue weighted by atomic mass is 19.1. The quantitative estimate of drug-likeness (QED) is 0.267. The number of halogens is 1. The van der Waals surface area contributed by atoms with Crippen molar-refractivity contribution in [2.45, 2.75) is 32.7 Å². The van der Waals surface area contributed by atoms with E-state index in [1.54, 1.807) is 35.0 Å². The molecule has 0 spiro atoms. The van der Waals surface area contributed by atoms with Crippen molar-refractivity contribution in [1.82, 2.24) is 20.1 Å². The molecule has 5 aromatic rings. The van der Waals surface area contributed by atoms with E-state index >= 15 is 4.39 Å². The lowest BCUT2D eigenvalue weighted by Crippen LogP contribution is -2.22. The molecule has 0 atom stereocenters. The molecule has 2 aromatic heterocycles. The van der Waals surface area contributed by atoms with Gasteiger partial charge >= 0.3 is 6.03 Å². The van der Waals surface area contributed by atoms with Crippen LogP contribution in [0.25, 0.3) is 27.9 Å². The van der Waals surface area contributed by atoms with E-state index in [9.17, 15) is 9.59 Å². The van der Waals surface area contributed by atoms with Gasteiger partial charge in [-0.1, -0.05) is 39.0 Å². The minimum Gasteiger partial charge on any atom is -0.443 e.